The van der Waals surface area contributed by atoms with E-state index in [0.717, 1.165) is 34.0 Å². The van der Waals surface area contributed by atoms with E-state index in [2.05, 4.69) is 15.9 Å². The standard InChI is InChI=1S/C20H19BrFNO2/c1-12-8-16(21)5-4-14(12)11-23-6-7-25-18-10-15(13-2-3-13)9-17(22)19(18)20(23)24/h4-5,8-10,13H,2-3,6-7,11H2,1H3. The second-order valence-electron chi connectivity index (χ2n) is 6.80. The van der Waals surface area contributed by atoms with E-state index in [1.54, 1.807) is 4.90 Å². The minimum atomic E-state index is -0.469. The zero-order valence-electron chi connectivity index (χ0n) is 14.0. The summed E-state index contributed by atoms with van der Waals surface area (Å²) in [5.41, 5.74) is 3.16. The van der Waals surface area contributed by atoms with Gasteiger partial charge in [0.2, 0.25) is 0 Å². The number of amides is 1. The van der Waals surface area contributed by atoms with E-state index in [4.69, 9.17) is 4.74 Å². The predicted octanol–water partition coefficient (Wildman–Crippen LogP) is 4.81. The molecule has 5 heteroatoms. The zero-order chi connectivity index (χ0) is 17.6. The van der Waals surface area contributed by atoms with Gasteiger partial charge >= 0.3 is 0 Å². The number of halogens is 2. The van der Waals surface area contributed by atoms with Gasteiger partial charge in [-0.3, -0.25) is 4.79 Å². The molecule has 2 aliphatic rings. The topological polar surface area (TPSA) is 29.5 Å². The number of carbonyl (C=O) groups is 1. The second kappa shape index (κ2) is 6.45. The monoisotopic (exact) mass is 403 g/mol. The van der Waals surface area contributed by atoms with Crippen molar-refractivity contribution in [3.8, 4) is 5.75 Å². The normalized spacial score (nSPS) is 17.1. The van der Waals surface area contributed by atoms with Crippen LogP contribution < -0.4 is 4.74 Å². The van der Waals surface area contributed by atoms with Gasteiger partial charge in [0, 0.05) is 11.0 Å². The number of nitrogens with zero attached hydrogens (tertiary/aromatic N) is 1. The van der Waals surface area contributed by atoms with Gasteiger partial charge < -0.3 is 9.64 Å². The zero-order valence-corrected chi connectivity index (χ0v) is 15.6. The van der Waals surface area contributed by atoms with Crippen molar-refractivity contribution >= 4 is 21.8 Å². The molecular weight excluding hydrogens is 385 g/mol. The molecule has 0 N–H and O–H groups in total. The van der Waals surface area contributed by atoms with Gasteiger partial charge in [0.15, 0.2) is 0 Å². The van der Waals surface area contributed by atoms with Crippen LogP contribution in [0.5, 0.6) is 5.75 Å². The number of hydrogen-bond acceptors (Lipinski definition) is 2. The Morgan fingerprint density at radius 1 is 1.28 bits per heavy atom. The molecule has 1 fully saturated rings. The fourth-order valence-electron chi connectivity index (χ4n) is 3.29. The summed E-state index contributed by atoms with van der Waals surface area (Å²) in [7, 11) is 0. The highest BCUT2D eigenvalue weighted by molar-refractivity contribution is 9.10. The van der Waals surface area contributed by atoms with Crippen LogP contribution >= 0.6 is 15.9 Å². The average Bonchev–Trinajstić information content (AvgIpc) is 3.40. The molecule has 4 rings (SSSR count). The molecule has 1 heterocycles. The highest BCUT2D eigenvalue weighted by Crippen LogP contribution is 2.42. The summed E-state index contributed by atoms with van der Waals surface area (Å²) < 4.78 is 21.4. The molecule has 0 aromatic heterocycles. The molecule has 130 valence electrons. The Balaban J connectivity index is 1.65. The van der Waals surface area contributed by atoms with E-state index in [1.807, 2.05) is 31.2 Å². The first-order valence-corrected chi connectivity index (χ1v) is 9.33. The summed E-state index contributed by atoms with van der Waals surface area (Å²) in [6.45, 7) is 3.28. The lowest BCUT2D eigenvalue weighted by molar-refractivity contribution is 0.0739. The van der Waals surface area contributed by atoms with Gasteiger partial charge in [-0.1, -0.05) is 22.0 Å². The molecule has 0 unspecified atom stereocenters. The SMILES string of the molecule is Cc1cc(Br)ccc1CN1CCOc2cc(C3CC3)cc(F)c2C1=O. The Labute approximate surface area is 154 Å². The molecule has 2 aromatic rings. The van der Waals surface area contributed by atoms with Gasteiger partial charge in [-0.25, -0.2) is 4.39 Å². The third kappa shape index (κ3) is 3.30. The number of benzene rings is 2. The minimum Gasteiger partial charge on any atom is -0.491 e. The van der Waals surface area contributed by atoms with Crippen molar-refractivity contribution in [2.24, 2.45) is 0 Å². The first kappa shape index (κ1) is 16.6. The first-order valence-electron chi connectivity index (χ1n) is 8.53. The lowest BCUT2D eigenvalue weighted by atomic mass is 10.0. The van der Waals surface area contributed by atoms with Crippen molar-refractivity contribution < 1.29 is 13.9 Å². The van der Waals surface area contributed by atoms with Crippen molar-refractivity contribution in [2.75, 3.05) is 13.2 Å². The van der Waals surface area contributed by atoms with E-state index < -0.39 is 5.82 Å². The van der Waals surface area contributed by atoms with Crippen molar-refractivity contribution in [3.05, 3.63) is 62.9 Å². The molecular formula is C20H19BrFNO2. The van der Waals surface area contributed by atoms with Gasteiger partial charge in [-0.15, -0.1) is 0 Å². The molecule has 1 aliphatic heterocycles. The smallest absolute Gasteiger partial charge is 0.261 e. The van der Waals surface area contributed by atoms with Crippen molar-refractivity contribution in [1.82, 2.24) is 4.90 Å². The van der Waals surface area contributed by atoms with E-state index in [-0.39, 0.29) is 11.5 Å². The number of carbonyl (C=O) groups excluding carboxylic acids is 1. The maximum Gasteiger partial charge on any atom is 0.261 e. The van der Waals surface area contributed by atoms with Crippen LogP contribution in [0.25, 0.3) is 0 Å². The van der Waals surface area contributed by atoms with Crippen molar-refractivity contribution in [1.29, 1.82) is 0 Å². The van der Waals surface area contributed by atoms with Crippen LogP contribution in [-0.2, 0) is 6.54 Å². The highest BCUT2D eigenvalue weighted by Gasteiger charge is 2.31. The van der Waals surface area contributed by atoms with Crippen LogP contribution in [0.1, 0.15) is 45.8 Å². The van der Waals surface area contributed by atoms with Gasteiger partial charge in [0.25, 0.3) is 5.91 Å². The molecule has 0 spiro atoms. The first-order chi connectivity index (χ1) is 12.0. The molecule has 0 saturated heterocycles. The van der Waals surface area contributed by atoms with E-state index >= 15 is 0 Å². The molecule has 1 amide bonds. The molecule has 1 aliphatic carbocycles. The van der Waals surface area contributed by atoms with E-state index in [0.29, 0.717) is 31.4 Å². The van der Waals surface area contributed by atoms with Crippen LogP contribution in [0.3, 0.4) is 0 Å². The lowest BCUT2D eigenvalue weighted by Gasteiger charge is -2.21. The molecule has 2 aromatic carbocycles. The van der Waals surface area contributed by atoms with Crippen LogP contribution in [0.4, 0.5) is 4.39 Å². The molecule has 0 atom stereocenters. The van der Waals surface area contributed by atoms with Crippen LogP contribution in [0.2, 0.25) is 0 Å². The summed E-state index contributed by atoms with van der Waals surface area (Å²) >= 11 is 3.45. The van der Waals surface area contributed by atoms with Crippen molar-refractivity contribution in [3.63, 3.8) is 0 Å². The van der Waals surface area contributed by atoms with Gasteiger partial charge in [0.1, 0.15) is 23.7 Å². The summed E-state index contributed by atoms with van der Waals surface area (Å²) in [6.07, 6.45) is 2.17. The fraction of sp³-hybridized carbons (Fsp3) is 0.350. The highest BCUT2D eigenvalue weighted by atomic mass is 79.9. The maximum absolute atomic E-state index is 14.7. The quantitative estimate of drug-likeness (QED) is 0.735. The van der Waals surface area contributed by atoms with Crippen LogP contribution in [-0.4, -0.2) is 24.0 Å². The van der Waals surface area contributed by atoms with E-state index in [9.17, 15) is 9.18 Å². The summed E-state index contributed by atoms with van der Waals surface area (Å²) in [4.78, 5) is 14.6. The Bertz CT molecular complexity index is 848. The maximum atomic E-state index is 14.7. The Kier molecular flexibility index (Phi) is 4.28. The van der Waals surface area contributed by atoms with Gasteiger partial charge in [-0.2, -0.15) is 0 Å². The Morgan fingerprint density at radius 2 is 2.08 bits per heavy atom. The number of ether oxygens (including phenoxy) is 1. The number of aryl methyl sites for hydroxylation is 1. The van der Waals surface area contributed by atoms with Crippen molar-refractivity contribution in [2.45, 2.75) is 32.2 Å². The predicted molar refractivity (Wildman–Crippen MR) is 97.5 cm³/mol. The Morgan fingerprint density at radius 3 is 2.80 bits per heavy atom. The molecule has 3 nitrogen and oxygen atoms in total. The lowest BCUT2D eigenvalue weighted by Crippen LogP contribution is -2.32. The fourth-order valence-corrected chi connectivity index (χ4v) is 3.77. The molecule has 1 saturated carbocycles. The van der Waals surface area contributed by atoms with Crippen LogP contribution in [0, 0.1) is 12.7 Å². The Hall–Kier alpha value is -1.88. The second-order valence-corrected chi connectivity index (χ2v) is 7.71. The summed E-state index contributed by atoms with van der Waals surface area (Å²) in [5.74, 6) is 0.0451. The molecule has 0 radical (unpaired) electrons. The minimum absolute atomic E-state index is 0.0664. The largest absolute Gasteiger partial charge is 0.491 e. The average molecular weight is 404 g/mol. The number of hydrogen-bond donors (Lipinski definition) is 0. The molecule has 0 bridgehead atoms. The number of rotatable bonds is 3. The van der Waals surface area contributed by atoms with Gasteiger partial charge in [-0.05, 0) is 66.6 Å². The third-order valence-corrected chi connectivity index (χ3v) is 5.40. The number of fused-ring (bicyclic) bond motifs is 1. The van der Waals surface area contributed by atoms with E-state index in [1.165, 1.54) is 6.07 Å². The third-order valence-electron chi connectivity index (χ3n) is 4.91. The summed E-state index contributed by atoms with van der Waals surface area (Å²) in [6, 6.07) is 9.32. The van der Waals surface area contributed by atoms with Crippen LogP contribution in [0.15, 0.2) is 34.8 Å². The molecule has 25 heavy (non-hydrogen) atoms. The summed E-state index contributed by atoms with van der Waals surface area (Å²) in [5, 5.41) is 0. The van der Waals surface area contributed by atoms with Gasteiger partial charge in [0.05, 0.1) is 6.54 Å².